The summed E-state index contributed by atoms with van der Waals surface area (Å²) in [5.74, 6) is 0.607. The minimum Gasteiger partial charge on any atom is -0.379 e. The predicted octanol–water partition coefficient (Wildman–Crippen LogP) is 1.58. The van der Waals surface area contributed by atoms with Crippen LogP contribution in [0.25, 0.3) is 0 Å². The number of benzene rings is 1. The molecular weight excluding hydrogens is 292 g/mol. The molecule has 4 rings (SSSR count). The Bertz CT molecular complexity index is 686. The van der Waals surface area contributed by atoms with Gasteiger partial charge in [0.1, 0.15) is 0 Å². The Hall–Kier alpha value is -2.21. The number of aromatic nitrogens is 3. The van der Waals surface area contributed by atoms with Crippen LogP contribution in [0.3, 0.4) is 0 Å². The molecule has 0 N–H and O–H groups in total. The number of nitrogens with zero attached hydrogens (tertiary/aromatic N) is 4. The number of rotatable bonds is 3. The first-order valence-electron chi connectivity index (χ1n) is 8.13. The normalized spacial score (nSPS) is 23.7. The third-order valence-corrected chi connectivity index (χ3v) is 4.85. The Balaban J connectivity index is 1.60. The van der Waals surface area contributed by atoms with Crippen LogP contribution < -0.4 is 0 Å². The fourth-order valence-corrected chi connectivity index (χ4v) is 3.66. The Morgan fingerprint density at radius 3 is 3.09 bits per heavy atom. The zero-order valence-corrected chi connectivity index (χ0v) is 13.0. The summed E-state index contributed by atoms with van der Waals surface area (Å²) in [6.07, 6.45) is 5.68. The molecule has 3 heterocycles. The fraction of sp³-hybridized carbons (Fsp3) is 0.471. The van der Waals surface area contributed by atoms with E-state index < -0.39 is 0 Å². The van der Waals surface area contributed by atoms with Crippen molar-refractivity contribution in [1.82, 2.24) is 19.9 Å². The zero-order chi connectivity index (χ0) is 15.6. The molecule has 2 aromatic rings. The monoisotopic (exact) mass is 312 g/mol. The lowest BCUT2D eigenvalue weighted by Crippen LogP contribution is -2.48. The minimum absolute atomic E-state index is 0.112. The quantitative estimate of drug-likeness (QED) is 0.863. The van der Waals surface area contributed by atoms with E-state index in [1.807, 2.05) is 35.4 Å². The first kappa shape index (κ1) is 14.4. The van der Waals surface area contributed by atoms with Crippen molar-refractivity contribution in [3.8, 4) is 0 Å². The molecule has 1 aromatic carbocycles. The molecule has 0 spiro atoms. The van der Waals surface area contributed by atoms with Crippen LogP contribution in [0.5, 0.6) is 0 Å². The molecule has 0 radical (unpaired) electrons. The second-order valence-corrected chi connectivity index (χ2v) is 6.26. The van der Waals surface area contributed by atoms with Crippen molar-refractivity contribution in [2.45, 2.75) is 25.4 Å². The van der Waals surface area contributed by atoms with Gasteiger partial charge >= 0.3 is 0 Å². The molecule has 23 heavy (non-hydrogen) atoms. The van der Waals surface area contributed by atoms with E-state index >= 15 is 0 Å². The van der Waals surface area contributed by atoms with E-state index in [1.54, 1.807) is 10.9 Å². The smallest absolute Gasteiger partial charge is 0.254 e. The first-order valence-corrected chi connectivity index (χ1v) is 8.13. The molecule has 6 nitrogen and oxygen atoms in total. The maximum atomic E-state index is 13.1. The van der Waals surface area contributed by atoms with E-state index in [0.29, 0.717) is 19.1 Å². The van der Waals surface area contributed by atoms with Gasteiger partial charge in [-0.15, -0.1) is 5.10 Å². The van der Waals surface area contributed by atoms with Gasteiger partial charge in [0.15, 0.2) is 0 Å². The number of piperidine rings is 1. The van der Waals surface area contributed by atoms with E-state index in [2.05, 4.69) is 10.3 Å². The molecule has 2 aliphatic heterocycles. The van der Waals surface area contributed by atoms with Crippen LogP contribution in [0.1, 0.15) is 28.8 Å². The van der Waals surface area contributed by atoms with Gasteiger partial charge in [-0.25, -0.2) is 4.68 Å². The molecular formula is C17H20N4O2. The van der Waals surface area contributed by atoms with E-state index in [1.165, 1.54) is 0 Å². The van der Waals surface area contributed by atoms with Gasteiger partial charge in [0, 0.05) is 24.2 Å². The van der Waals surface area contributed by atoms with Crippen molar-refractivity contribution >= 4 is 5.91 Å². The number of hydrogen-bond acceptors (Lipinski definition) is 4. The van der Waals surface area contributed by atoms with Crippen LogP contribution >= 0.6 is 0 Å². The van der Waals surface area contributed by atoms with Gasteiger partial charge in [-0.05, 0) is 24.5 Å². The fourth-order valence-electron chi connectivity index (χ4n) is 3.66. The van der Waals surface area contributed by atoms with Crippen LogP contribution in [0, 0.1) is 5.92 Å². The van der Waals surface area contributed by atoms with E-state index in [4.69, 9.17) is 4.74 Å². The molecule has 0 unspecified atom stereocenters. The Morgan fingerprint density at radius 2 is 2.22 bits per heavy atom. The highest BCUT2D eigenvalue weighted by Crippen LogP contribution is 2.30. The summed E-state index contributed by atoms with van der Waals surface area (Å²) in [4.78, 5) is 15.1. The number of amides is 1. The Labute approximate surface area is 135 Å². The van der Waals surface area contributed by atoms with Crippen LogP contribution in [-0.2, 0) is 11.3 Å². The summed E-state index contributed by atoms with van der Waals surface area (Å²) in [5.41, 5.74) is 1.74. The molecule has 0 bridgehead atoms. The molecule has 2 aliphatic rings. The van der Waals surface area contributed by atoms with Gasteiger partial charge in [0.2, 0.25) is 0 Å². The third kappa shape index (κ3) is 2.74. The van der Waals surface area contributed by atoms with Gasteiger partial charge in [0.25, 0.3) is 5.91 Å². The summed E-state index contributed by atoms with van der Waals surface area (Å²) in [7, 11) is 0. The van der Waals surface area contributed by atoms with Crippen molar-refractivity contribution < 1.29 is 9.53 Å². The summed E-state index contributed by atoms with van der Waals surface area (Å²) >= 11 is 0. The lowest BCUT2D eigenvalue weighted by Gasteiger charge is -2.36. The topological polar surface area (TPSA) is 60.2 Å². The van der Waals surface area contributed by atoms with E-state index in [0.717, 1.165) is 37.1 Å². The highest BCUT2D eigenvalue weighted by Gasteiger charge is 2.38. The van der Waals surface area contributed by atoms with E-state index in [9.17, 15) is 4.79 Å². The standard InChI is InChI=1S/C17H20N4O2/c22-17(21-8-3-5-14-11-23-12-16(14)21)15-6-2-1-4-13(15)10-20-9-7-18-19-20/h1-2,4,6-7,9,14,16H,3,5,8,10-12H2/t14-,16+/m1/s1. The summed E-state index contributed by atoms with van der Waals surface area (Å²) in [6, 6.07) is 8.01. The van der Waals surface area contributed by atoms with Crippen LogP contribution in [0.4, 0.5) is 0 Å². The van der Waals surface area contributed by atoms with Gasteiger partial charge in [-0.3, -0.25) is 4.79 Å². The lowest BCUT2D eigenvalue weighted by atomic mass is 9.91. The maximum absolute atomic E-state index is 13.1. The molecule has 0 saturated carbocycles. The summed E-state index contributed by atoms with van der Waals surface area (Å²) in [6.45, 7) is 2.83. The van der Waals surface area contributed by atoms with Gasteiger partial charge in [0.05, 0.1) is 32.0 Å². The molecule has 120 valence electrons. The maximum Gasteiger partial charge on any atom is 0.254 e. The average Bonchev–Trinajstić information content (AvgIpc) is 3.25. The number of carbonyl (C=O) groups excluding carboxylic acids is 1. The van der Waals surface area contributed by atoms with Crippen molar-refractivity contribution in [1.29, 1.82) is 0 Å². The Kier molecular flexibility index (Phi) is 3.83. The molecule has 2 fully saturated rings. The summed E-state index contributed by atoms with van der Waals surface area (Å²) < 4.78 is 7.35. The second-order valence-electron chi connectivity index (χ2n) is 6.26. The molecule has 0 aliphatic carbocycles. The van der Waals surface area contributed by atoms with Crippen LogP contribution in [-0.4, -0.2) is 51.6 Å². The third-order valence-electron chi connectivity index (χ3n) is 4.85. The number of fused-ring (bicyclic) bond motifs is 1. The van der Waals surface area contributed by atoms with Gasteiger partial charge in [-0.1, -0.05) is 23.4 Å². The largest absolute Gasteiger partial charge is 0.379 e. The highest BCUT2D eigenvalue weighted by molar-refractivity contribution is 5.96. The second kappa shape index (κ2) is 6.12. The van der Waals surface area contributed by atoms with Crippen molar-refractivity contribution in [3.05, 3.63) is 47.8 Å². The van der Waals surface area contributed by atoms with Gasteiger partial charge < -0.3 is 9.64 Å². The highest BCUT2D eigenvalue weighted by atomic mass is 16.5. The zero-order valence-electron chi connectivity index (χ0n) is 13.0. The molecule has 2 atom stereocenters. The molecule has 6 heteroatoms. The Morgan fingerprint density at radius 1 is 1.30 bits per heavy atom. The molecule has 1 amide bonds. The predicted molar refractivity (Wildman–Crippen MR) is 83.9 cm³/mol. The van der Waals surface area contributed by atoms with Crippen LogP contribution in [0.2, 0.25) is 0 Å². The number of ether oxygens (including phenoxy) is 1. The summed E-state index contributed by atoms with van der Waals surface area (Å²) in [5, 5.41) is 7.83. The first-order chi connectivity index (χ1) is 11.3. The van der Waals surface area contributed by atoms with Crippen LogP contribution in [0.15, 0.2) is 36.7 Å². The average molecular weight is 312 g/mol. The SMILES string of the molecule is O=C(c1ccccc1Cn1ccnn1)N1CCC[C@@H]2COC[C@@H]21. The number of carbonyl (C=O) groups is 1. The van der Waals surface area contributed by atoms with Crippen molar-refractivity contribution in [3.63, 3.8) is 0 Å². The van der Waals surface area contributed by atoms with Crippen molar-refractivity contribution in [2.24, 2.45) is 5.92 Å². The van der Waals surface area contributed by atoms with Crippen molar-refractivity contribution in [2.75, 3.05) is 19.8 Å². The minimum atomic E-state index is 0.112. The van der Waals surface area contributed by atoms with Gasteiger partial charge in [-0.2, -0.15) is 0 Å². The van der Waals surface area contributed by atoms with E-state index in [-0.39, 0.29) is 11.9 Å². The number of likely N-dealkylation sites (tertiary alicyclic amines) is 1. The number of hydrogen-bond donors (Lipinski definition) is 0. The lowest BCUT2D eigenvalue weighted by molar-refractivity contribution is 0.0558. The molecule has 2 saturated heterocycles. The molecule has 1 aromatic heterocycles.